The van der Waals surface area contributed by atoms with Crippen molar-refractivity contribution in [3.05, 3.63) is 29.8 Å². The Morgan fingerprint density at radius 3 is 2.30 bits per heavy atom. The minimum atomic E-state index is -0.565. The molecule has 6 heteroatoms. The monoisotopic (exact) mass is 375 g/mol. The van der Waals surface area contributed by atoms with E-state index >= 15 is 0 Å². The summed E-state index contributed by atoms with van der Waals surface area (Å²) in [6.45, 7) is 5.57. The number of amides is 1. The molecule has 0 aliphatic carbocycles. The molecule has 3 rings (SSSR count). The van der Waals surface area contributed by atoms with Gasteiger partial charge in [-0.05, 0) is 57.7 Å². The molecule has 2 saturated heterocycles. The lowest BCUT2D eigenvalue weighted by Crippen LogP contribution is -2.54. The molecule has 6 nitrogen and oxygen atoms in total. The molecule has 27 heavy (non-hydrogen) atoms. The van der Waals surface area contributed by atoms with E-state index in [-0.39, 0.29) is 30.1 Å². The number of piperidine rings is 1. The van der Waals surface area contributed by atoms with Crippen LogP contribution in [0, 0.1) is 5.92 Å². The number of rotatable bonds is 3. The number of hydrogen-bond acceptors (Lipinski definition) is 5. The van der Waals surface area contributed by atoms with Crippen molar-refractivity contribution in [2.45, 2.75) is 63.6 Å². The third kappa shape index (κ3) is 3.89. The Balaban J connectivity index is 1.90. The third-order valence-corrected chi connectivity index (χ3v) is 5.54. The van der Waals surface area contributed by atoms with Gasteiger partial charge in [0.2, 0.25) is 0 Å². The van der Waals surface area contributed by atoms with Crippen LogP contribution < -0.4 is 4.74 Å². The zero-order valence-corrected chi connectivity index (χ0v) is 16.7. The van der Waals surface area contributed by atoms with Gasteiger partial charge in [0.1, 0.15) is 11.4 Å². The second-order valence-electron chi connectivity index (χ2n) is 8.35. The Labute approximate surface area is 160 Å². The average molecular weight is 375 g/mol. The maximum Gasteiger partial charge on any atom is 0.410 e. The van der Waals surface area contributed by atoms with Gasteiger partial charge in [-0.2, -0.15) is 0 Å². The van der Waals surface area contributed by atoms with Crippen LogP contribution in [0.25, 0.3) is 0 Å². The highest BCUT2D eigenvalue weighted by molar-refractivity contribution is 5.78. The van der Waals surface area contributed by atoms with E-state index < -0.39 is 11.5 Å². The van der Waals surface area contributed by atoms with E-state index in [1.807, 2.05) is 45.0 Å². The number of nitrogens with zero attached hydrogens (tertiary/aromatic N) is 1. The lowest BCUT2D eigenvalue weighted by Gasteiger charge is -2.43. The molecule has 0 saturated carbocycles. The number of ether oxygens (including phenoxy) is 3. The van der Waals surface area contributed by atoms with Crippen LogP contribution in [0.1, 0.15) is 51.5 Å². The Kier molecular flexibility index (Phi) is 5.36. The molecule has 2 heterocycles. The summed E-state index contributed by atoms with van der Waals surface area (Å²) < 4.78 is 16.0. The summed E-state index contributed by atoms with van der Waals surface area (Å²) in [5.74, 6) is 0.131. The molecule has 0 radical (unpaired) electrons. The van der Waals surface area contributed by atoms with Crippen LogP contribution in [0.4, 0.5) is 4.79 Å². The number of esters is 1. The molecule has 2 aliphatic rings. The zero-order valence-electron chi connectivity index (χ0n) is 16.7. The van der Waals surface area contributed by atoms with Gasteiger partial charge in [-0.25, -0.2) is 4.79 Å². The maximum atomic E-state index is 12.8. The molecule has 0 N–H and O–H groups in total. The van der Waals surface area contributed by atoms with Crippen LogP contribution in [0.2, 0.25) is 0 Å². The molecule has 1 aromatic carbocycles. The maximum absolute atomic E-state index is 12.8. The fourth-order valence-corrected chi connectivity index (χ4v) is 4.46. The second kappa shape index (κ2) is 7.41. The molecule has 1 amide bonds. The summed E-state index contributed by atoms with van der Waals surface area (Å²) in [7, 11) is 3.04. The number of hydrogen-bond donors (Lipinski definition) is 0. The van der Waals surface area contributed by atoms with Crippen molar-refractivity contribution in [2.75, 3.05) is 14.2 Å². The molecule has 1 aromatic rings. The van der Waals surface area contributed by atoms with E-state index in [2.05, 4.69) is 0 Å². The quantitative estimate of drug-likeness (QED) is 0.753. The minimum absolute atomic E-state index is 0.0135. The lowest BCUT2D eigenvalue weighted by atomic mass is 9.76. The molecular formula is C21H29NO5. The molecule has 0 aromatic heterocycles. The molecule has 4 atom stereocenters. The molecule has 0 spiro atoms. The average Bonchev–Trinajstić information content (AvgIpc) is 2.94. The third-order valence-electron chi connectivity index (χ3n) is 5.54. The first-order chi connectivity index (χ1) is 12.7. The Morgan fingerprint density at radius 2 is 1.74 bits per heavy atom. The fraction of sp³-hybridized carbons (Fsp3) is 0.619. The van der Waals surface area contributed by atoms with Crippen molar-refractivity contribution in [1.82, 2.24) is 4.90 Å². The van der Waals surface area contributed by atoms with Crippen molar-refractivity contribution in [1.29, 1.82) is 0 Å². The Bertz CT molecular complexity index is 694. The van der Waals surface area contributed by atoms with Crippen LogP contribution in [-0.4, -0.2) is 48.9 Å². The summed E-state index contributed by atoms with van der Waals surface area (Å²) in [6, 6.07) is 7.71. The molecule has 148 valence electrons. The topological polar surface area (TPSA) is 65.1 Å². The number of fused-ring (bicyclic) bond motifs is 2. The normalized spacial score (nSPS) is 27.2. The first-order valence-electron chi connectivity index (χ1n) is 9.48. The van der Waals surface area contributed by atoms with Crippen LogP contribution in [0.5, 0.6) is 5.75 Å². The molecule has 2 fully saturated rings. The number of methoxy groups -OCH3 is 2. The Morgan fingerprint density at radius 1 is 1.07 bits per heavy atom. The van der Waals surface area contributed by atoms with E-state index in [0.717, 1.165) is 30.6 Å². The van der Waals surface area contributed by atoms with Gasteiger partial charge in [0.25, 0.3) is 0 Å². The van der Waals surface area contributed by atoms with Crippen LogP contribution in [-0.2, 0) is 14.3 Å². The number of carbonyl (C=O) groups is 2. The highest BCUT2D eigenvalue weighted by Crippen LogP contribution is 2.48. The van der Waals surface area contributed by atoms with Crippen LogP contribution >= 0.6 is 0 Å². The van der Waals surface area contributed by atoms with Crippen LogP contribution in [0.15, 0.2) is 24.3 Å². The molecule has 2 aliphatic heterocycles. The highest BCUT2D eigenvalue weighted by atomic mass is 16.6. The summed E-state index contributed by atoms with van der Waals surface area (Å²) in [6.07, 6.45) is 2.06. The van der Waals surface area contributed by atoms with Gasteiger partial charge in [-0.3, -0.25) is 4.79 Å². The van der Waals surface area contributed by atoms with Gasteiger partial charge in [-0.1, -0.05) is 12.1 Å². The summed E-state index contributed by atoms with van der Waals surface area (Å²) in [5.41, 5.74) is 0.511. The van der Waals surface area contributed by atoms with Crippen molar-refractivity contribution in [2.24, 2.45) is 5.92 Å². The second-order valence-corrected chi connectivity index (χ2v) is 8.35. The summed E-state index contributed by atoms with van der Waals surface area (Å²) >= 11 is 0. The number of benzene rings is 1. The van der Waals surface area contributed by atoms with Gasteiger partial charge in [0.05, 0.1) is 20.1 Å². The SMILES string of the molecule is COC(=O)C1C(c2ccc(OC)cc2)C[C@@H]2CC[C@H]1N2C(=O)OC(C)(C)C. The first kappa shape index (κ1) is 19.5. The minimum Gasteiger partial charge on any atom is -0.497 e. The Hall–Kier alpha value is -2.24. The van der Waals surface area contributed by atoms with Gasteiger partial charge in [0, 0.05) is 18.0 Å². The van der Waals surface area contributed by atoms with E-state index in [0.29, 0.717) is 0 Å². The van der Waals surface area contributed by atoms with Crippen molar-refractivity contribution in [3.8, 4) is 5.75 Å². The van der Waals surface area contributed by atoms with Gasteiger partial charge < -0.3 is 19.1 Å². The van der Waals surface area contributed by atoms with Gasteiger partial charge in [0.15, 0.2) is 0 Å². The summed E-state index contributed by atoms with van der Waals surface area (Å²) in [5, 5.41) is 0. The fourth-order valence-electron chi connectivity index (χ4n) is 4.46. The van der Waals surface area contributed by atoms with Crippen molar-refractivity contribution in [3.63, 3.8) is 0 Å². The molecular weight excluding hydrogens is 346 g/mol. The standard InChI is InChI=1S/C21H29NO5/c1-21(2,3)27-20(24)22-14-8-11-17(22)18(19(23)26-5)16(12-14)13-6-9-15(25-4)10-7-13/h6-7,9-10,14,16-18H,8,11-12H2,1-5H3/t14-,16?,17+,18?/m0/s1. The highest BCUT2D eigenvalue weighted by Gasteiger charge is 2.53. The van der Waals surface area contributed by atoms with E-state index in [9.17, 15) is 9.59 Å². The molecule has 2 bridgehead atoms. The lowest BCUT2D eigenvalue weighted by molar-refractivity contribution is -0.150. The van der Waals surface area contributed by atoms with Crippen molar-refractivity contribution < 1.29 is 23.8 Å². The number of carbonyl (C=O) groups excluding carboxylic acids is 2. The van der Waals surface area contributed by atoms with Gasteiger partial charge in [-0.15, -0.1) is 0 Å². The largest absolute Gasteiger partial charge is 0.497 e. The van der Waals surface area contributed by atoms with Crippen LogP contribution in [0.3, 0.4) is 0 Å². The first-order valence-corrected chi connectivity index (χ1v) is 9.48. The predicted octanol–water partition coefficient (Wildman–Crippen LogP) is 3.74. The smallest absolute Gasteiger partial charge is 0.410 e. The van der Waals surface area contributed by atoms with E-state index in [1.165, 1.54) is 7.11 Å². The van der Waals surface area contributed by atoms with Gasteiger partial charge >= 0.3 is 12.1 Å². The summed E-state index contributed by atoms with van der Waals surface area (Å²) in [4.78, 5) is 27.3. The zero-order chi connectivity index (χ0) is 19.8. The predicted molar refractivity (Wildman–Crippen MR) is 101 cm³/mol. The van der Waals surface area contributed by atoms with E-state index in [4.69, 9.17) is 14.2 Å². The van der Waals surface area contributed by atoms with E-state index in [1.54, 1.807) is 12.0 Å². The molecule has 2 unspecified atom stereocenters. The van der Waals surface area contributed by atoms with Crippen molar-refractivity contribution >= 4 is 12.1 Å².